The van der Waals surface area contributed by atoms with E-state index < -0.39 is 12.0 Å². The van der Waals surface area contributed by atoms with Gasteiger partial charge in [-0.1, -0.05) is 30.8 Å². The summed E-state index contributed by atoms with van der Waals surface area (Å²) in [7, 11) is 6.01. The normalized spacial score (nSPS) is 14.7. The van der Waals surface area contributed by atoms with E-state index in [9.17, 15) is 9.59 Å². The zero-order valence-electron chi connectivity index (χ0n) is 19.9. The Balaban J connectivity index is 1.71. The Morgan fingerprint density at radius 3 is 2.00 bits per heavy atom. The summed E-state index contributed by atoms with van der Waals surface area (Å²) in [6, 6.07) is 16.7. The monoisotopic (exact) mass is 475 g/mol. The zero-order chi connectivity index (χ0) is 25.1. The molecule has 1 aliphatic heterocycles. The lowest BCUT2D eigenvalue weighted by Crippen LogP contribution is -2.48. The highest BCUT2D eigenvalue weighted by atomic mass is 16.6. The molecule has 0 aromatic heterocycles. The molecule has 1 heterocycles. The lowest BCUT2D eigenvalue weighted by molar-refractivity contribution is -0.119. The molecule has 0 bridgehead atoms. The summed E-state index contributed by atoms with van der Waals surface area (Å²) in [5, 5.41) is 0. The summed E-state index contributed by atoms with van der Waals surface area (Å²) in [6.45, 7) is 3.96. The van der Waals surface area contributed by atoms with Crippen LogP contribution >= 0.6 is 0 Å². The Morgan fingerprint density at radius 1 is 0.800 bits per heavy atom. The van der Waals surface area contributed by atoms with Crippen LogP contribution in [-0.2, 0) is 4.79 Å². The van der Waals surface area contributed by atoms with Gasteiger partial charge < -0.3 is 23.7 Å². The van der Waals surface area contributed by atoms with Crippen molar-refractivity contribution in [2.45, 2.75) is 6.04 Å². The minimum Gasteiger partial charge on any atom is -0.493 e. The standard InChI is InChI=1S/C27H25NO7/c1-16-24(28(26(16)29)19-14-22(32-3)25(34-5)23(15-19)33-4)18-11-12-20(31-2)21(13-18)35-27(30)17-9-7-6-8-10-17/h6-15,24H,1H2,2-5H3. The van der Waals surface area contributed by atoms with E-state index in [0.717, 1.165) is 0 Å². The van der Waals surface area contributed by atoms with Gasteiger partial charge in [0.05, 0.1) is 45.7 Å². The molecular formula is C27H25NO7. The van der Waals surface area contributed by atoms with Gasteiger partial charge in [-0.2, -0.15) is 0 Å². The third kappa shape index (κ3) is 4.26. The predicted molar refractivity (Wildman–Crippen MR) is 130 cm³/mol. The lowest BCUT2D eigenvalue weighted by atomic mass is 9.88. The first-order chi connectivity index (χ1) is 16.9. The average molecular weight is 475 g/mol. The summed E-state index contributed by atoms with van der Waals surface area (Å²) >= 11 is 0. The second kappa shape index (κ2) is 9.80. The van der Waals surface area contributed by atoms with Crippen LogP contribution in [0.4, 0.5) is 5.69 Å². The Kier molecular flexibility index (Phi) is 6.64. The largest absolute Gasteiger partial charge is 0.493 e. The molecule has 1 unspecified atom stereocenters. The number of β-lactam (4-membered cyclic amide) rings is 1. The number of rotatable bonds is 8. The number of hydrogen-bond donors (Lipinski definition) is 0. The van der Waals surface area contributed by atoms with E-state index in [1.807, 2.05) is 6.07 Å². The summed E-state index contributed by atoms with van der Waals surface area (Å²) in [4.78, 5) is 27.1. The summed E-state index contributed by atoms with van der Waals surface area (Å²) < 4.78 is 27.3. The maximum absolute atomic E-state index is 12.9. The van der Waals surface area contributed by atoms with E-state index in [1.54, 1.807) is 59.5 Å². The number of benzene rings is 3. The van der Waals surface area contributed by atoms with Crippen molar-refractivity contribution in [2.24, 2.45) is 0 Å². The molecule has 8 nitrogen and oxygen atoms in total. The predicted octanol–water partition coefficient (Wildman–Crippen LogP) is 4.58. The smallest absolute Gasteiger partial charge is 0.343 e. The number of hydrogen-bond acceptors (Lipinski definition) is 7. The first-order valence-electron chi connectivity index (χ1n) is 10.7. The van der Waals surface area contributed by atoms with Crippen LogP contribution in [-0.4, -0.2) is 40.3 Å². The third-order valence-corrected chi connectivity index (χ3v) is 5.72. The molecule has 0 N–H and O–H groups in total. The molecular weight excluding hydrogens is 450 g/mol. The maximum atomic E-state index is 12.9. The number of carbonyl (C=O) groups is 2. The Labute approximate surface area is 203 Å². The van der Waals surface area contributed by atoms with Gasteiger partial charge in [0.2, 0.25) is 5.75 Å². The van der Waals surface area contributed by atoms with Crippen LogP contribution < -0.4 is 28.6 Å². The number of esters is 1. The molecule has 0 aliphatic carbocycles. The van der Waals surface area contributed by atoms with Gasteiger partial charge in [-0.15, -0.1) is 0 Å². The molecule has 35 heavy (non-hydrogen) atoms. The van der Waals surface area contributed by atoms with Crippen molar-refractivity contribution >= 4 is 17.6 Å². The Bertz CT molecular complexity index is 1260. The van der Waals surface area contributed by atoms with E-state index >= 15 is 0 Å². The Morgan fingerprint density at radius 2 is 1.43 bits per heavy atom. The molecule has 1 atom stereocenters. The van der Waals surface area contributed by atoms with Crippen LogP contribution in [0.15, 0.2) is 72.8 Å². The van der Waals surface area contributed by atoms with Crippen LogP contribution in [0.2, 0.25) is 0 Å². The fourth-order valence-corrected chi connectivity index (χ4v) is 3.98. The van der Waals surface area contributed by atoms with Gasteiger partial charge in [-0.05, 0) is 29.8 Å². The minimum atomic E-state index is -0.522. The van der Waals surface area contributed by atoms with E-state index in [1.165, 1.54) is 28.4 Å². The highest BCUT2D eigenvalue weighted by molar-refractivity contribution is 6.15. The third-order valence-electron chi connectivity index (χ3n) is 5.72. The molecule has 4 rings (SSSR count). The topological polar surface area (TPSA) is 83.5 Å². The Hall–Kier alpha value is -4.46. The van der Waals surface area contributed by atoms with Crippen molar-refractivity contribution in [1.29, 1.82) is 0 Å². The van der Waals surface area contributed by atoms with E-state index in [4.69, 9.17) is 23.7 Å². The molecule has 8 heteroatoms. The number of amides is 1. The number of nitrogens with zero attached hydrogens (tertiary/aromatic N) is 1. The first-order valence-corrected chi connectivity index (χ1v) is 10.7. The number of ether oxygens (including phenoxy) is 5. The molecule has 1 amide bonds. The second-order valence-electron chi connectivity index (χ2n) is 7.65. The van der Waals surface area contributed by atoms with E-state index in [2.05, 4.69) is 6.58 Å². The highest BCUT2D eigenvalue weighted by Crippen LogP contribution is 2.48. The number of carbonyl (C=O) groups excluding carboxylic acids is 2. The van der Waals surface area contributed by atoms with Crippen LogP contribution in [0, 0.1) is 0 Å². The second-order valence-corrected chi connectivity index (χ2v) is 7.65. The van der Waals surface area contributed by atoms with Crippen molar-refractivity contribution in [3.8, 4) is 28.7 Å². The highest BCUT2D eigenvalue weighted by Gasteiger charge is 2.43. The van der Waals surface area contributed by atoms with Crippen LogP contribution in [0.25, 0.3) is 0 Å². The van der Waals surface area contributed by atoms with Gasteiger partial charge in [0.25, 0.3) is 5.91 Å². The average Bonchev–Trinajstić information content (AvgIpc) is 2.90. The summed E-state index contributed by atoms with van der Waals surface area (Å²) in [5.74, 6) is 1.09. The molecule has 1 aliphatic rings. The van der Waals surface area contributed by atoms with Crippen LogP contribution in [0.3, 0.4) is 0 Å². The fraction of sp³-hybridized carbons (Fsp3) is 0.185. The van der Waals surface area contributed by atoms with Crippen LogP contribution in [0.1, 0.15) is 22.0 Å². The first kappa shape index (κ1) is 23.7. The molecule has 0 radical (unpaired) electrons. The quantitative estimate of drug-likeness (QED) is 0.204. The molecule has 0 saturated carbocycles. The molecule has 180 valence electrons. The zero-order valence-corrected chi connectivity index (χ0v) is 19.9. The van der Waals surface area contributed by atoms with Gasteiger partial charge in [-0.25, -0.2) is 4.79 Å². The van der Waals surface area contributed by atoms with Gasteiger partial charge in [0.15, 0.2) is 23.0 Å². The van der Waals surface area contributed by atoms with E-state index in [-0.39, 0.29) is 11.7 Å². The molecule has 3 aromatic rings. The summed E-state index contributed by atoms with van der Waals surface area (Å²) in [5.41, 5.74) is 2.03. The van der Waals surface area contributed by atoms with Crippen LogP contribution in [0.5, 0.6) is 28.7 Å². The minimum absolute atomic E-state index is 0.232. The SMILES string of the molecule is C=C1C(=O)N(c2cc(OC)c(OC)c(OC)c2)C1c1ccc(OC)c(OC(=O)c2ccccc2)c1. The van der Waals surface area contributed by atoms with Crippen molar-refractivity contribution < 1.29 is 33.3 Å². The van der Waals surface area contributed by atoms with Crippen molar-refractivity contribution in [3.63, 3.8) is 0 Å². The lowest BCUT2D eigenvalue weighted by Gasteiger charge is -2.42. The van der Waals surface area contributed by atoms with Crippen molar-refractivity contribution in [1.82, 2.24) is 0 Å². The van der Waals surface area contributed by atoms with E-state index in [0.29, 0.717) is 45.4 Å². The number of anilines is 1. The molecule has 0 spiro atoms. The van der Waals surface area contributed by atoms with Crippen molar-refractivity contribution in [2.75, 3.05) is 33.3 Å². The van der Waals surface area contributed by atoms with Gasteiger partial charge in [0, 0.05) is 17.7 Å². The fourth-order valence-electron chi connectivity index (χ4n) is 3.98. The molecule has 1 saturated heterocycles. The van der Waals surface area contributed by atoms with Crippen molar-refractivity contribution in [3.05, 3.63) is 83.9 Å². The maximum Gasteiger partial charge on any atom is 0.343 e. The molecule has 1 fully saturated rings. The molecule has 3 aromatic carbocycles. The number of methoxy groups -OCH3 is 4. The van der Waals surface area contributed by atoms with Gasteiger partial charge in [0.1, 0.15) is 0 Å². The van der Waals surface area contributed by atoms with Gasteiger partial charge in [-0.3, -0.25) is 9.69 Å². The summed E-state index contributed by atoms with van der Waals surface area (Å²) in [6.07, 6.45) is 0. The van der Waals surface area contributed by atoms with Gasteiger partial charge >= 0.3 is 5.97 Å².